The van der Waals surface area contributed by atoms with Crippen molar-refractivity contribution < 1.29 is 4.74 Å². The molecule has 0 saturated carbocycles. The molecule has 0 atom stereocenters. The second kappa shape index (κ2) is 8.05. The van der Waals surface area contributed by atoms with Gasteiger partial charge in [-0.25, -0.2) is 0 Å². The molecule has 0 aliphatic carbocycles. The third-order valence-corrected chi connectivity index (χ3v) is 2.90. The van der Waals surface area contributed by atoms with E-state index in [2.05, 4.69) is 22.2 Å². The summed E-state index contributed by atoms with van der Waals surface area (Å²) < 4.78 is 4.99. The summed E-state index contributed by atoms with van der Waals surface area (Å²) in [6, 6.07) is 0. The van der Waals surface area contributed by atoms with Gasteiger partial charge in [0.05, 0.1) is 6.61 Å². The minimum Gasteiger partial charge on any atom is -0.383 e. The lowest BCUT2D eigenvalue weighted by Gasteiger charge is -2.20. The van der Waals surface area contributed by atoms with E-state index in [0.29, 0.717) is 0 Å². The summed E-state index contributed by atoms with van der Waals surface area (Å²) in [5.41, 5.74) is 0. The van der Waals surface area contributed by atoms with Gasteiger partial charge in [0.1, 0.15) is 0 Å². The maximum atomic E-state index is 4.99. The number of hydrogen-bond acceptors (Lipinski definition) is 4. The van der Waals surface area contributed by atoms with Crippen LogP contribution in [-0.4, -0.2) is 76.4 Å². The van der Waals surface area contributed by atoms with Crippen molar-refractivity contribution in [2.45, 2.75) is 6.42 Å². The van der Waals surface area contributed by atoms with E-state index >= 15 is 0 Å². The molecule has 4 nitrogen and oxygen atoms in total. The van der Waals surface area contributed by atoms with Crippen molar-refractivity contribution in [1.82, 2.24) is 15.1 Å². The Morgan fingerprint density at radius 1 is 1.13 bits per heavy atom. The van der Waals surface area contributed by atoms with Crippen molar-refractivity contribution in [2.75, 3.05) is 66.6 Å². The summed E-state index contributed by atoms with van der Waals surface area (Å²) in [5.74, 6) is 0. The highest BCUT2D eigenvalue weighted by Gasteiger charge is 2.10. The molecule has 90 valence electrons. The van der Waals surface area contributed by atoms with Crippen molar-refractivity contribution in [3.05, 3.63) is 0 Å². The van der Waals surface area contributed by atoms with Crippen LogP contribution in [0.4, 0.5) is 0 Å². The highest BCUT2D eigenvalue weighted by Crippen LogP contribution is 1.99. The van der Waals surface area contributed by atoms with Crippen LogP contribution in [0.3, 0.4) is 0 Å². The first-order valence-electron chi connectivity index (χ1n) is 5.93. The van der Waals surface area contributed by atoms with Crippen LogP contribution in [0.1, 0.15) is 6.42 Å². The molecule has 0 bridgehead atoms. The van der Waals surface area contributed by atoms with Crippen LogP contribution < -0.4 is 5.32 Å². The van der Waals surface area contributed by atoms with Crippen molar-refractivity contribution >= 4 is 0 Å². The molecule has 1 aliphatic rings. The Bertz CT molecular complexity index is 155. The molecule has 4 heteroatoms. The van der Waals surface area contributed by atoms with E-state index in [1.165, 1.54) is 32.6 Å². The number of likely N-dealkylation sites (N-methyl/N-ethyl adjacent to an activating group) is 1. The van der Waals surface area contributed by atoms with Crippen LogP contribution in [0.2, 0.25) is 0 Å². The zero-order chi connectivity index (χ0) is 10.9. The zero-order valence-corrected chi connectivity index (χ0v) is 10.2. The predicted octanol–water partition coefficient (Wildman–Crippen LogP) is -0.140. The van der Waals surface area contributed by atoms with Gasteiger partial charge in [-0.05, 0) is 26.6 Å². The third kappa shape index (κ3) is 6.10. The smallest absolute Gasteiger partial charge is 0.0587 e. The average molecular weight is 215 g/mol. The van der Waals surface area contributed by atoms with Crippen LogP contribution >= 0.6 is 0 Å². The van der Waals surface area contributed by atoms with Crippen LogP contribution in [0.15, 0.2) is 0 Å². The molecule has 1 aliphatic heterocycles. The van der Waals surface area contributed by atoms with Crippen molar-refractivity contribution in [3.8, 4) is 0 Å². The Morgan fingerprint density at radius 2 is 2.00 bits per heavy atom. The zero-order valence-electron chi connectivity index (χ0n) is 10.2. The van der Waals surface area contributed by atoms with E-state index in [1.807, 2.05) is 0 Å². The number of nitrogens with one attached hydrogen (secondary N) is 1. The number of rotatable bonds is 6. The first-order chi connectivity index (χ1) is 7.33. The fourth-order valence-corrected chi connectivity index (χ4v) is 1.86. The molecule has 0 aromatic heterocycles. The highest BCUT2D eigenvalue weighted by atomic mass is 16.5. The first kappa shape index (κ1) is 12.9. The van der Waals surface area contributed by atoms with Gasteiger partial charge >= 0.3 is 0 Å². The summed E-state index contributed by atoms with van der Waals surface area (Å²) >= 11 is 0. The quantitative estimate of drug-likeness (QED) is 0.624. The van der Waals surface area contributed by atoms with Gasteiger partial charge < -0.3 is 19.9 Å². The molecule has 0 spiro atoms. The summed E-state index contributed by atoms with van der Waals surface area (Å²) in [7, 11) is 3.95. The Kier molecular flexibility index (Phi) is 6.92. The van der Waals surface area contributed by atoms with Gasteiger partial charge in [0, 0.05) is 39.8 Å². The molecule has 0 radical (unpaired) electrons. The molecule has 0 aromatic carbocycles. The summed E-state index contributed by atoms with van der Waals surface area (Å²) in [4.78, 5) is 4.96. The molecule has 15 heavy (non-hydrogen) atoms. The molecular weight excluding hydrogens is 190 g/mol. The maximum absolute atomic E-state index is 4.99. The van der Waals surface area contributed by atoms with Crippen LogP contribution in [0.25, 0.3) is 0 Å². The van der Waals surface area contributed by atoms with Crippen LogP contribution in [0.5, 0.6) is 0 Å². The van der Waals surface area contributed by atoms with Gasteiger partial charge in [0.15, 0.2) is 0 Å². The lowest BCUT2D eigenvalue weighted by Crippen LogP contribution is -2.35. The van der Waals surface area contributed by atoms with Gasteiger partial charge in [-0.3, -0.25) is 0 Å². The Hall–Kier alpha value is -0.160. The number of ether oxygens (including phenoxy) is 1. The van der Waals surface area contributed by atoms with Gasteiger partial charge in [0.2, 0.25) is 0 Å². The molecule has 1 saturated heterocycles. The second-order valence-corrected chi connectivity index (χ2v) is 4.24. The third-order valence-electron chi connectivity index (χ3n) is 2.90. The SMILES string of the molecule is COCCNCCN1CCCN(C)CC1. The van der Waals surface area contributed by atoms with Crippen molar-refractivity contribution in [1.29, 1.82) is 0 Å². The fourth-order valence-electron chi connectivity index (χ4n) is 1.86. The number of hydrogen-bond donors (Lipinski definition) is 1. The van der Waals surface area contributed by atoms with E-state index in [9.17, 15) is 0 Å². The second-order valence-electron chi connectivity index (χ2n) is 4.24. The number of nitrogens with zero attached hydrogens (tertiary/aromatic N) is 2. The largest absolute Gasteiger partial charge is 0.383 e. The van der Waals surface area contributed by atoms with Gasteiger partial charge in [-0.2, -0.15) is 0 Å². The van der Waals surface area contributed by atoms with E-state index < -0.39 is 0 Å². The molecule has 1 fully saturated rings. The molecular formula is C11H25N3O. The maximum Gasteiger partial charge on any atom is 0.0587 e. The lowest BCUT2D eigenvalue weighted by molar-refractivity contribution is 0.196. The Balaban J connectivity index is 2.00. The minimum atomic E-state index is 0.808. The van der Waals surface area contributed by atoms with Crippen LogP contribution in [0, 0.1) is 0 Å². The normalized spacial score (nSPS) is 20.4. The molecule has 1 heterocycles. The Labute approximate surface area is 93.6 Å². The standard InChI is InChI=1S/C11H25N3O/c1-13-6-3-7-14(10-9-13)8-4-12-5-11-15-2/h12H,3-11H2,1-2H3. The van der Waals surface area contributed by atoms with E-state index in [4.69, 9.17) is 4.74 Å². The summed E-state index contributed by atoms with van der Waals surface area (Å²) in [5, 5.41) is 3.38. The molecule has 1 rings (SSSR count). The topological polar surface area (TPSA) is 27.7 Å². The Morgan fingerprint density at radius 3 is 2.80 bits per heavy atom. The predicted molar refractivity (Wildman–Crippen MR) is 63.3 cm³/mol. The molecule has 0 unspecified atom stereocenters. The van der Waals surface area contributed by atoms with Gasteiger partial charge in [-0.1, -0.05) is 0 Å². The average Bonchev–Trinajstić information content (AvgIpc) is 2.43. The minimum absolute atomic E-state index is 0.808. The molecule has 1 N–H and O–H groups in total. The summed E-state index contributed by atoms with van der Waals surface area (Å²) in [6.07, 6.45) is 1.30. The van der Waals surface area contributed by atoms with Crippen molar-refractivity contribution in [2.24, 2.45) is 0 Å². The molecule has 0 amide bonds. The first-order valence-corrected chi connectivity index (χ1v) is 5.93. The highest BCUT2D eigenvalue weighted by molar-refractivity contribution is 4.67. The lowest BCUT2D eigenvalue weighted by atomic mass is 10.4. The van der Waals surface area contributed by atoms with Crippen LogP contribution in [-0.2, 0) is 4.74 Å². The van der Waals surface area contributed by atoms with Crippen molar-refractivity contribution in [3.63, 3.8) is 0 Å². The fraction of sp³-hybridized carbons (Fsp3) is 1.00. The monoisotopic (exact) mass is 215 g/mol. The van der Waals surface area contributed by atoms with E-state index in [1.54, 1.807) is 7.11 Å². The molecule has 0 aromatic rings. The number of methoxy groups -OCH3 is 1. The van der Waals surface area contributed by atoms with Gasteiger partial charge in [0.25, 0.3) is 0 Å². The van der Waals surface area contributed by atoms with Gasteiger partial charge in [-0.15, -0.1) is 0 Å². The van der Waals surface area contributed by atoms with E-state index in [0.717, 1.165) is 26.2 Å². The summed E-state index contributed by atoms with van der Waals surface area (Å²) in [6.45, 7) is 8.92. The van der Waals surface area contributed by atoms with E-state index in [-0.39, 0.29) is 0 Å².